The predicted octanol–water partition coefficient (Wildman–Crippen LogP) is 1.96. The monoisotopic (exact) mass is 422 g/mol. The Morgan fingerprint density at radius 3 is 2.77 bits per heavy atom. The number of pyridine rings is 1. The van der Waals surface area contributed by atoms with Gasteiger partial charge in [0.15, 0.2) is 30.1 Å². The van der Waals surface area contributed by atoms with Crippen LogP contribution in [0.25, 0.3) is 0 Å². The second kappa shape index (κ2) is 8.10. The molecular weight excluding hydrogens is 400 g/mol. The molecule has 0 radical (unpaired) electrons. The van der Waals surface area contributed by atoms with E-state index >= 15 is 0 Å². The van der Waals surface area contributed by atoms with Crippen LogP contribution in [0, 0.1) is 0 Å². The smallest absolute Gasteiger partial charge is 0.269 e. The fourth-order valence-corrected chi connectivity index (χ4v) is 3.57. The minimum atomic E-state index is -0.705. The normalized spacial score (nSPS) is 17.4. The summed E-state index contributed by atoms with van der Waals surface area (Å²) >= 11 is 0. The largest absolute Gasteiger partial charge is 0.482 e. The Morgan fingerprint density at radius 2 is 2.03 bits per heavy atom. The van der Waals surface area contributed by atoms with Crippen LogP contribution in [0.5, 0.6) is 11.5 Å². The molecule has 1 aromatic carbocycles. The van der Waals surface area contributed by atoms with E-state index in [1.807, 2.05) is 6.92 Å². The Hall–Kier alpha value is -3.88. The quantitative estimate of drug-likeness (QED) is 0.559. The highest BCUT2D eigenvalue weighted by molar-refractivity contribution is 6.09. The maximum atomic E-state index is 13.1. The number of anilines is 3. The maximum absolute atomic E-state index is 13.1. The van der Waals surface area contributed by atoms with E-state index in [9.17, 15) is 14.4 Å². The number of rotatable bonds is 6. The van der Waals surface area contributed by atoms with Crippen LogP contribution in [0.2, 0.25) is 0 Å². The molecule has 2 aliphatic rings. The molecule has 2 aliphatic heterocycles. The number of nitrogens with zero attached hydrogens (tertiary/aromatic N) is 3. The molecule has 2 N–H and O–H groups in total. The van der Waals surface area contributed by atoms with Gasteiger partial charge in [-0.3, -0.25) is 19.3 Å². The van der Waals surface area contributed by atoms with E-state index < -0.39 is 6.10 Å². The molecule has 4 rings (SSSR count). The van der Waals surface area contributed by atoms with Crippen molar-refractivity contribution in [2.45, 2.75) is 19.4 Å². The first-order chi connectivity index (χ1) is 14.9. The van der Waals surface area contributed by atoms with Crippen LogP contribution in [-0.4, -0.2) is 48.4 Å². The summed E-state index contributed by atoms with van der Waals surface area (Å²) in [4.78, 5) is 45.2. The van der Waals surface area contributed by atoms with Crippen molar-refractivity contribution in [2.24, 2.45) is 0 Å². The van der Waals surface area contributed by atoms with Gasteiger partial charge in [0.1, 0.15) is 11.6 Å². The molecule has 2 aromatic rings. The predicted molar refractivity (Wildman–Crippen MR) is 115 cm³/mol. The number of ether oxygens (including phenoxy) is 2. The number of amides is 2. The van der Waals surface area contributed by atoms with Gasteiger partial charge in [0.2, 0.25) is 0 Å². The van der Waals surface area contributed by atoms with Crippen molar-refractivity contribution >= 4 is 34.9 Å². The summed E-state index contributed by atoms with van der Waals surface area (Å²) in [5, 5.41) is 0. The van der Waals surface area contributed by atoms with Crippen molar-refractivity contribution in [3.8, 4) is 11.5 Å². The highest BCUT2D eigenvalue weighted by Gasteiger charge is 2.36. The number of carbonyl (C=O) groups is 3. The molecule has 3 heterocycles. The highest BCUT2D eigenvalue weighted by Crippen LogP contribution is 2.35. The molecule has 0 aliphatic carbocycles. The van der Waals surface area contributed by atoms with E-state index in [0.29, 0.717) is 35.7 Å². The van der Waals surface area contributed by atoms with Crippen molar-refractivity contribution in [3.05, 3.63) is 48.6 Å². The number of nitrogen functional groups attached to an aromatic ring is 1. The van der Waals surface area contributed by atoms with Crippen molar-refractivity contribution in [1.82, 2.24) is 4.98 Å². The lowest BCUT2D eigenvalue weighted by Gasteiger charge is -2.33. The van der Waals surface area contributed by atoms with Crippen LogP contribution in [0.1, 0.15) is 23.7 Å². The van der Waals surface area contributed by atoms with Gasteiger partial charge in [-0.15, -0.1) is 6.58 Å². The van der Waals surface area contributed by atoms with E-state index in [4.69, 9.17) is 15.2 Å². The van der Waals surface area contributed by atoms with Crippen LogP contribution in [0.3, 0.4) is 0 Å². The van der Waals surface area contributed by atoms with E-state index in [0.717, 1.165) is 0 Å². The third-order valence-corrected chi connectivity index (χ3v) is 5.14. The van der Waals surface area contributed by atoms with Gasteiger partial charge < -0.3 is 20.1 Å². The first-order valence-electron chi connectivity index (χ1n) is 9.88. The Labute approximate surface area is 179 Å². The lowest BCUT2D eigenvalue weighted by atomic mass is 10.1. The van der Waals surface area contributed by atoms with Crippen LogP contribution in [0.4, 0.5) is 17.3 Å². The van der Waals surface area contributed by atoms with Gasteiger partial charge in [-0.2, -0.15) is 0 Å². The topological polar surface area (TPSA) is 115 Å². The summed E-state index contributed by atoms with van der Waals surface area (Å²) < 4.78 is 11.2. The average Bonchev–Trinajstić information content (AvgIpc) is 2.77. The van der Waals surface area contributed by atoms with Gasteiger partial charge in [-0.05, 0) is 36.8 Å². The molecule has 1 unspecified atom stereocenters. The molecule has 0 saturated carbocycles. The van der Waals surface area contributed by atoms with E-state index in [1.54, 1.807) is 36.4 Å². The second-order valence-corrected chi connectivity index (χ2v) is 7.18. The first-order valence-corrected chi connectivity index (χ1v) is 9.88. The number of carbonyl (C=O) groups excluding carboxylic acids is 3. The zero-order valence-electron chi connectivity index (χ0n) is 17.0. The summed E-state index contributed by atoms with van der Waals surface area (Å²) in [5.41, 5.74) is 6.61. The van der Waals surface area contributed by atoms with Crippen LogP contribution >= 0.6 is 0 Å². The van der Waals surface area contributed by atoms with Crippen molar-refractivity contribution < 1.29 is 23.9 Å². The third kappa shape index (κ3) is 3.70. The Kier molecular flexibility index (Phi) is 5.33. The number of hydrogen-bond donors (Lipinski definition) is 1. The fourth-order valence-electron chi connectivity index (χ4n) is 3.57. The first kappa shape index (κ1) is 20.4. The van der Waals surface area contributed by atoms with Crippen LogP contribution in [0.15, 0.2) is 43.0 Å². The number of hydrogen-bond acceptors (Lipinski definition) is 7. The van der Waals surface area contributed by atoms with E-state index in [2.05, 4.69) is 11.6 Å². The van der Waals surface area contributed by atoms with Crippen molar-refractivity contribution in [3.63, 3.8) is 0 Å². The van der Waals surface area contributed by atoms with Gasteiger partial charge >= 0.3 is 0 Å². The molecule has 1 aromatic heterocycles. The number of nitrogens with two attached hydrogens (primary N) is 1. The SMILES string of the molecule is C=CCN1C(=O)COc2ccc(C(=O)CN3C(=O)C(CC)Oc4ccc(N)nc43)cc21. The van der Waals surface area contributed by atoms with Gasteiger partial charge in [-0.25, -0.2) is 4.98 Å². The van der Waals surface area contributed by atoms with Crippen LogP contribution in [-0.2, 0) is 9.59 Å². The fraction of sp³-hybridized carbons (Fsp3) is 0.273. The summed E-state index contributed by atoms with van der Waals surface area (Å²) in [6, 6.07) is 8.06. The Morgan fingerprint density at radius 1 is 1.26 bits per heavy atom. The van der Waals surface area contributed by atoms with Gasteiger partial charge in [0.05, 0.1) is 12.2 Å². The molecule has 0 spiro atoms. The highest BCUT2D eigenvalue weighted by atomic mass is 16.5. The number of ketones is 1. The van der Waals surface area contributed by atoms with Crippen LogP contribution < -0.4 is 25.0 Å². The average molecular weight is 422 g/mol. The number of Topliss-reactive ketones (excluding diaryl/α,β-unsaturated/α-hetero) is 1. The molecule has 0 fully saturated rings. The molecule has 9 nitrogen and oxygen atoms in total. The summed E-state index contributed by atoms with van der Waals surface area (Å²) in [6.45, 7) is 5.49. The molecule has 31 heavy (non-hydrogen) atoms. The summed E-state index contributed by atoms with van der Waals surface area (Å²) in [7, 11) is 0. The molecular formula is C22H22N4O5. The molecule has 9 heteroatoms. The minimum absolute atomic E-state index is 0.0707. The molecule has 0 saturated heterocycles. The maximum Gasteiger partial charge on any atom is 0.269 e. The number of aromatic nitrogens is 1. The van der Waals surface area contributed by atoms with Gasteiger partial charge in [0.25, 0.3) is 11.8 Å². The molecule has 160 valence electrons. The summed E-state index contributed by atoms with van der Waals surface area (Å²) in [6.07, 6.45) is 1.34. The lowest BCUT2D eigenvalue weighted by molar-refractivity contribution is -0.126. The van der Waals surface area contributed by atoms with E-state index in [-0.39, 0.29) is 42.4 Å². The minimum Gasteiger partial charge on any atom is -0.482 e. The molecule has 1 atom stereocenters. The van der Waals surface area contributed by atoms with Crippen molar-refractivity contribution in [2.75, 3.05) is 35.2 Å². The Balaban J connectivity index is 1.65. The third-order valence-electron chi connectivity index (χ3n) is 5.14. The second-order valence-electron chi connectivity index (χ2n) is 7.18. The zero-order chi connectivity index (χ0) is 22.1. The number of benzene rings is 1. The van der Waals surface area contributed by atoms with E-state index in [1.165, 1.54) is 9.80 Å². The number of fused-ring (bicyclic) bond motifs is 2. The Bertz CT molecular complexity index is 1080. The van der Waals surface area contributed by atoms with Crippen molar-refractivity contribution in [1.29, 1.82) is 0 Å². The lowest BCUT2D eigenvalue weighted by Crippen LogP contribution is -2.48. The van der Waals surface area contributed by atoms with Gasteiger partial charge in [0, 0.05) is 12.1 Å². The zero-order valence-corrected chi connectivity index (χ0v) is 17.0. The summed E-state index contributed by atoms with van der Waals surface area (Å²) in [5.74, 6) is 0.437. The standard InChI is InChI=1S/C22H22N4O5/c1-3-9-25-14-10-13(5-6-17(14)30-12-20(25)28)15(27)11-26-21-18(7-8-19(23)24-21)31-16(4-2)22(26)29/h3,5-8,10,16H,1,4,9,11-12H2,2H3,(H2,23,24). The van der Waals surface area contributed by atoms with Gasteiger partial charge in [-0.1, -0.05) is 13.0 Å². The molecule has 2 amide bonds. The molecule has 0 bridgehead atoms.